The first kappa shape index (κ1) is 8.09. The second-order valence-electron chi connectivity index (χ2n) is 2.41. The summed E-state index contributed by atoms with van der Waals surface area (Å²) in [6, 6.07) is 6.11. The predicted molar refractivity (Wildman–Crippen MR) is 51.8 cm³/mol. The van der Waals surface area contributed by atoms with Crippen molar-refractivity contribution in [3.63, 3.8) is 0 Å². The van der Waals surface area contributed by atoms with Gasteiger partial charge in [0, 0.05) is 22.9 Å². The first-order valence-electron chi connectivity index (χ1n) is 3.37. The van der Waals surface area contributed by atoms with Crippen molar-refractivity contribution < 1.29 is 9.47 Å². The van der Waals surface area contributed by atoms with E-state index in [1.807, 2.05) is 35.0 Å². The molecule has 0 atom stereocenters. The van der Waals surface area contributed by atoms with Crippen LogP contribution >= 0.6 is 22.9 Å². The monoisotopic (exact) mass is 278 g/mol. The van der Waals surface area contributed by atoms with Gasteiger partial charge in [-0.05, 0) is 12.1 Å². The van der Waals surface area contributed by atoms with Gasteiger partial charge in [0.1, 0.15) is 0 Å². The smallest absolute Gasteiger partial charge is 0.388 e. The van der Waals surface area contributed by atoms with Gasteiger partial charge in [0.05, 0.1) is 0 Å². The van der Waals surface area contributed by atoms with Crippen LogP contribution in [-0.2, 0) is 0 Å². The van der Waals surface area contributed by atoms with Crippen molar-refractivity contribution in [1.29, 1.82) is 0 Å². The standard InChI is InChI=1S/C7H7IN2O2/c8-10-7(9)11-5-3-1-2-4-6(5)12-7/h1-4,10H,9H2. The molecule has 12 heavy (non-hydrogen) atoms. The molecule has 3 N–H and O–H groups in total. The average Bonchev–Trinajstić information content (AvgIpc) is 2.42. The van der Waals surface area contributed by atoms with Crippen LogP contribution in [0.1, 0.15) is 0 Å². The Labute approximate surface area is 83.5 Å². The van der Waals surface area contributed by atoms with E-state index in [0.29, 0.717) is 11.5 Å². The Morgan fingerprint density at radius 2 is 1.75 bits per heavy atom. The van der Waals surface area contributed by atoms with Crippen LogP contribution in [0, 0.1) is 0 Å². The molecule has 64 valence electrons. The molecule has 0 bridgehead atoms. The van der Waals surface area contributed by atoms with Crippen LogP contribution in [-0.4, -0.2) is 6.03 Å². The lowest BCUT2D eigenvalue weighted by Crippen LogP contribution is -2.56. The number of fused-ring (bicyclic) bond motifs is 1. The Morgan fingerprint density at radius 1 is 1.25 bits per heavy atom. The summed E-state index contributed by atoms with van der Waals surface area (Å²) < 4.78 is 13.3. The molecule has 1 aliphatic rings. The van der Waals surface area contributed by atoms with Crippen molar-refractivity contribution >= 4 is 22.9 Å². The quantitative estimate of drug-likeness (QED) is 0.456. The molecular weight excluding hydrogens is 271 g/mol. The van der Waals surface area contributed by atoms with E-state index in [1.54, 1.807) is 12.1 Å². The summed E-state index contributed by atoms with van der Waals surface area (Å²) in [6.07, 6.45) is 0. The fourth-order valence-electron chi connectivity index (χ4n) is 1.00. The molecule has 0 unspecified atom stereocenters. The molecule has 0 saturated carbocycles. The molecule has 0 aromatic heterocycles. The zero-order chi connectivity index (χ0) is 8.60. The fraction of sp³-hybridized carbons (Fsp3) is 0.143. The maximum absolute atomic E-state index is 5.65. The predicted octanol–water partition coefficient (Wildman–Crippen LogP) is 0.967. The summed E-state index contributed by atoms with van der Waals surface area (Å²) in [5, 5.41) is 0. The molecule has 0 amide bonds. The average molecular weight is 278 g/mol. The van der Waals surface area contributed by atoms with E-state index in [1.165, 1.54) is 0 Å². The molecule has 1 aromatic carbocycles. The number of ether oxygens (including phenoxy) is 2. The van der Waals surface area contributed by atoms with Gasteiger partial charge < -0.3 is 9.47 Å². The van der Waals surface area contributed by atoms with Gasteiger partial charge in [0.15, 0.2) is 11.5 Å². The lowest BCUT2D eigenvalue weighted by atomic mass is 10.3. The third kappa shape index (κ3) is 1.23. The Kier molecular flexibility index (Phi) is 1.85. The second-order valence-corrected chi connectivity index (χ2v) is 2.95. The Balaban J connectivity index is 2.33. The molecule has 2 rings (SSSR count). The number of nitrogens with two attached hydrogens (primary N) is 1. The van der Waals surface area contributed by atoms with Crippen molar-refractivity contribution in [1.82, 2.24) is 3.53 Å². The highest BCUT2D eigenvalue weighted by atomic mass is 127. The zero-order valence-electron chi connectivity index (χ0n) is 6.08. The van der Waals surface area contributed by atoms with E-state index in [0.717, 1.165) is 0 Å². The third-order valence-electron chi connectivity index (χ3n) is 1.50. The molecule has 5 heteroatoms. The normalized spacial score (nSPS) is 17.8. The number of hydrogen-bond donors (Lipinski definition) is 2. The largest absolute Gasteiger partial charge is 0.423 e. The van der Waals surface area contributed by atoms with E-state index >= 15 is 0 Å². The minimum Gasteiger partial charge on any atom is -0.423 e. The van der Waals surface area contributed by atoms with Gasteiger partial charge in [-0.25, -0.2) is 5.73 Å². The van der Waals surface area contributed by atoms with Crippen LogP contribution in [0.5, 0.6) is 11.5 Å². The number of benzene rings is 1. The molecule has 0 radical (unpaired) electrons. The lowest BCUT2D eigenvalue weighted by Gasteiger charge is -2.18. The summed E-state index contributed by atoms with van der Waals surface area (Å²) in [5.74, 6) is 1.31. The molecule has 1 aromatic rings. The van der Waals surface area contributed by atoms with Crippen LogP contribution in [0.2, 0.25) is 0 Å². The summed E-state index contributed by atoms with van der Waals surface area (Å²) in [5.41, 5.74) is 5.65. The van der Waals surface area contributed by atoms with Crippen LogP contribution in [0.4, 0.5) is 0 Å². The van der Waals surface area contributed by atoms with E-state index in [2.05, 4.69) is 3.53 Å². The Morgan fingerprint density at radius 3 is 2.17 bits per heavy atom. The van der Waals surface area contributed by atoms with Gasteiger partial charge in [-0.2, -0.15) is 3.53 Å². The highest BCUT2D eigenvalue weighted by Crippen LogP contribution is 2.35. The van der Waals surface area contributed by atoms with Gasteiger partial charge >= 0.3 is 6.03 Å². The van der Waals surface area contributed by atoms with Crippen LogP contribution in [0.25, 0.3) is 0 Å². The number of hydrogen-bond acceptors (Lipinski definition) is 4. The molecule has 1 heterocycles. The van der Waals surface area contributed by atoms with E-state index < -0.39 is 6.03 Å². The SMILES string of the molecule is NC1(NI)Oc2ccccc2O1. The summed E-state index contributed by atoms with van der Waals surface area (Å²) in [6.45, 7) is 0. The van der Waals surface area contributed by atoms with E-state index in [-0.39, 0.29) is 0 Å². The fourth-order valence-corrected chi connectivity index (χ4v) is 1.23. The second kappa shape index (κ2) is 2.75. The number of para-hydroxylation sites is 2. The number of nitrogens with one attached hydrogen (secondary N) is 1. The zero-order valence-corrected chi connectivity index (χ0v) is 8.24. The maximum Gasteiger partial charge on any atom is 0.388 e. The van der Waals surface area contributed by atoms with E-state index in [4.69, 9.17) is 15.2 Å². The minimum atomic E-state index is -1.22. The van der Waals surface area contributed by atoms with Gasteiger partial charge in [-0.1, -0.05) is 12.1 Å². The lowest BCUT2D eigenvalue weighted by molar-refractivity contribution is -0.0765. The third-order valence-corrected chi connectivity index (χ3v) is 2.26. The molecule has 0 spiro atoms. The first-order valence-corrected chi connectivity index (χ1v) is 4.45. The number of halogens is 1. The summed E-state index contributed by atoms with van der Waals surface area (Å²) in [7, 11) is 0. The Bertz CT molecular complexity index is 280. The molecule has 0 fully saturated rings. The van der Waals surface area contributed by atoms with Crippen molar-refractivity contribution in [2.45, 2.75) is 6.03 Å². The van der Waals surface area contributed by atoms with Gasteiger partial charge in [-0.3, -0.25) is 0 Å². The minimum absolute atomic E-state index is 0.657. The van der Waals surface area contributed by atoms with Gasteiger partial charge in [0.2, 0.25) is 0 Å². The summed E-state index contributed by atoms with van der Waals surface area (Å²) >= 11 is 1.88. The van der Waals surface area contributed by atoms with E-state index in [9.17, 15) is 0 Å². The van der Waals surface area contributed by atoms with Gasteiger partial charge in [-0.15, -0.1) is 0 Å². The van der Waals surface area contributed by atoms with Crippen molar-refractivity contribution in [2.24, 2.45) is 5.73 Å². The van der Waals surface area contributed by atoms with Crippen molar-refractivity contribution in [3.8, 4) is 11.5 Å². The topological polar surface area (TPSA) is 56.5 Å². The summed E-state index contributed by atoms with van der Waals surface area (Å²) in [4.78, 5) is 0. The first-order chi connectivity index (χ1) is 5.73. The molecule has 0 saturated heterocycles. The highest BCUT2D eigenvalue weighted by Gasteiger charge is 2.36. The Hall–Kier alpha value is -0.530. The molecule has 4 nitrogen and oxygen atoms in total. The van der Waals surface area contributed by atoms with Crippen molar-refractivity contribution in [2.75, 3.05) is 0 Å². The number of rotatable bonds is 1. The van der Waals surface area contributed by atoms with Gasteiger partial charge in [0.25, 0.3) is 0 Å². The maximum atomic E-state index is 5.65. The van der Waals surface area contributed by atoms with Crippen molar-refractivity contribution in [3.05, 3.63) is 24.3 Å². The highest BCUT2D eigenvalue weighted by molar-refractivity contribution is 14.1. The van der Waals surface area contributed by atoms with Crippen LogP contribution < -0.4 is 18.7 Å². The molecular formula is C7H7IN2O2. The van der Waals surface area contributed by atoms with Crippen LogP contribution in [0.15, 0.2) is 24.3 Å². The van der Waals surface area contributed by atoms with Crippen LogP contribution in [0.3, 0.4) is 0 Å². The molecule has 0 aliphatic carbocycles. The molecule has 1 aliphatic heterocycles.